The third-order valence-electron chi connectivity index (χ3n) is 5.27. The number of carbonyl (C=O) groups is 2. The van der Waals surface area contributed by atoms with Gasteiger partial charge >= 0.3 is 0 Å². The van der Waals surface area contributed by atoms with Gasteiger partial charge in [0.1, 0.15) is 0 Å². The summed E-state index contributed by atoms with van der Waals surface area (Å²) < 4.78 is 0. The van der Waals surface area contributed by atoms with Crippen molar-refractivity contribution in [3.63, 3.8) is 0 Å². The van der Waals surface area contributed by atoms with Crippen LogP contribution in [0, 0.1) is 5.92 Å². The number of amides is 2. The molecule has 140 valence electrons. The molecule has 1 saturated carbocycles. The van der Waals surface area contributed by atoms with Crippen molar-refractivity contribution >= 4 is 23.6 Å². The highest BCUT2D eigenvalue weighted by molar-refractivity contribution is 5.90. The van der Waals surface area contributed by atoms with Gasteiger partial charge in [-0.05, 0) is 43.0 Å². The van der Waals surface area contributed by atoms with Crippen molar-refractivity contribution in [3.05, 3.63) is 35.9 Å². The molecular formula is C20H27N3O3. The van der Waals surface area contributed by atoms with Gasteiger partial charge < -0.3 is 10.2 Å². The lowest BCUT2D eigenvalue weighted by Gasteiger charge is -2.26. The van der Waals surface area contributed by atoms with Crippen molar-refractivity contribution in [2.45, 2.75) is 44.6 Å². The predicted octanol–water partition coefficient (Wildman–Crippen LogP) is 2.80. The SMILES string of the molecule is O=C(/C=C/c1ccc(N[C@@H]2CCN(C(=O)C3CCCCC3)C2)cc1)NO. The molecule has 6 nitrogen and oxygen atoms in total. The summed E-state index contributed by atoms with van der Waals surface area (Å²) in [6, 6.07) is 8.01. The summed E-state index contributed by atoms with van der Waals surface area (Å²) in [6.45, 7) is 1.61. The van der Waals surface area contributed by atoms with Crippen LogP contribution in [-0.2, 0) is 9.59 Å². The van der Waals surface area contributed by atoms with Crippen LogP contribution in [0.1, 0.15) is 44.1 Å². The molecule has 0 bridgehead atoms. The van der Waals surface area contributed by atoms with Crippen molar-refractivity contribution in [2.24, 2.45) is 5.92 Å². The first kappa shape index (κ1) is 18.5. The molecule has 0 aromatic heterocycles. The summed E-state index contributed by atoms with van der Waals surface area (Å²) >= 11 is 0. The van der Waals surface area contributed by atoms with Crippen molar-refractivity contribution in [2.75, 3.05) is 18.4 Å². The van der Waals surface area contributed by atoms with E-state index in [1.165, 1.54) is 25.3 Å². The van der Waals surface area contributed by atoms with Crippen LogP contribution in [0.3, 0.4) is 0 Å². The molecule has 0 spiro atoms. The Kier molecular flexibility index (Phi) is 6.28. The largest absolute Gasteiger partial charge is 0.380 e. The third kappa shape index (κ3) is 4.85. The van der Waals surface area contributed by atoms with Crippen LogP contribution in [0.5, 0.6) is 0 Å². The maximum absolute atomic E-state index is 12.6. The lowest BCUT2D eigenvalue weighted by molar-refractivity contribution is -0.135. The van der Waals surface area contributed by atoms with Gasteiger partial charge in [0.25, 0.3) is 5.91 Å². The minimum atomic E-state index is -0.555. The minimum absolute atomic E-state index is 0.240. The van der Waals surface area contributed by atoms with E-state index in [0.717, 1.165) is 43.6 Å². The Hall–Kier alpha value is -2.34. The highest BCUT2D eigenvalue weighted by Gasteiger charge is 2.31. The van der Waals surface area contributed by atoms with Gasteiger partial charge in [-0.25, -0.2) is 5.48 Å². The quantitative estimate of drug-likeness (QED) is 0.430. The fourth-order valence-corrected chi connectivity index (χ4v) is 3.82. The minimum Gasteiger partial charge on any atom is -0.380 e. The second-order valence-electron chi connectivity index (χ2n) is 7.18. The van der Waals surface area contributed by atoms with Crippen molar-refractivity contribution in [1.29, 1.82) is 0 Å². The third-order valence-corrected chi connectivity index (χ3v) is 5.27. The number of nitrogens with one attached hydrogen (secondary N) is 2. The lowest BCUT2D eigenvalue weighted by atomic mass is 9.88. The maximum Gasteiger partial charge on any atom is 0.267 e. The van der Waals surface area contributed by atoms with Gasteiger partial charge in [-0.2, -0.15) is 0 Å². The molecule has 1 aromatic rings. The fraction of sp³-hybridized carbons (Fsp3) is 0.500. The topological polar surface area (TPSA) is 81.7 Å². The number of hydrogen-bond acceptors (Lipinski definition) is 4. The molecule has 0 radical (unpaired) electrons. The van der Waals surface area contributed by atoms with Crippen LogP contribution >= 0.6 is 0 Å². The zero-order valence-electron chi connectivity index (χ0n) is 15.0. The second kappa shape index (κ2) is 8.85. The molecule has 2 fully saturated rings. The van der Waals surface area contributed by atoms with Crippen LogP contribution in [0.4, 0.5) is 5.69 Å². The lowest BCUT2D eigenvalue weighted by Crippen LogP contribution is -2.36. The number of hydrogen-bond donors (Lipinski definition) is 3. The first-order chi connectivity index (χ1) is 12.7. The average Bonchev–Trinajstić information content (AvgIpc) is 3.15. The van der Waals surface area contributed by atoms with E-state index in [4.69, 9.17) is 5.21 Å². The predicted molar refractivity (Wildman–Crippen MR) is 101 cm³/mol. The molecule has 1 heterocycles. The Morgan fingerprint density at radius 1 is 1.08 bits per heavy atom. The normalized spacial score (nSPS) is 21.1. The van der Waals surface area contributed by atoms with Crippen molar-refractivity contribution in [1.82, 2.24) is 10.4 Å². The Bertz CT molecular complexity index is 651. The molecule has 1 aliphatic carbocycles. The van der Waals surface area contributed by atoms with Gasteiger partial charge in [-0.3, -0.25) is 14.8 Å². The molecule has 3 rings (SSSR count). The van der Waals surface area contributed by atoms with Gasteiger partial charge in [0.05, 0.1) is 0 Å². The molecule has 26 heavy (non-hydrogen) atoms. The number of likely N-dealkylation sites (tertiary alicyclic amines) is 1. The molecule has 6 heteroatoms. The zero-order chi connectivity index (χ0) is 18.4. The van der Waals surface area contributed by atoms with E-state index >= 15 is 0 Å². The molecule has 0 unspecified atom stereocenters. The fourth-order valence-electron chi connectivity index (χ4n) is 3.82. The molecule has 1 saturated heterocycles. The molecule has 2 aliphatic rings. The molecule has 3 N–H and O–H groups in total. The molecule has 1 aromatic carbocycles. The summed E-state index contributed by atoms with van der Waals surface area (Å²) in [7, 11) is 0. The van der Waals surface area contributed by atoms with Crippen molar-refractivity contribution < 1.29 is 14.8 Å². The maximum atomic E-state index is 12.6. The van der Waals surface area contributed by atoms with E-state index in [9.17, 15) is 9.59 Å². The van der Waals surface area contributed by atoms with Crippen LogP contribution in [0.25, 0.3) is 6.08 Å². The Balaban J connectivity index is 1.49. The first-order valence-corrected chi connectivity index (χ1v) is 9.43. The number of hydroxylamine groups is 1. The summed E-state index contributed by atoms with van der Waals surface area (Å²) in [6.07, 6.45) is 9.62. The number of benzene rings is 1. The number of carbonyl (C=O) groups excluding carboxylic acids is 2. The molecule has 1 atom stereocenters. The Labute approximate surface area is 154 Å². The van der Waals surface area contributed by atoms with E-state index in [1.54, 1.807) is 11.6 Å². The van der Waals surface area contributed by atoms with E-state index in [1.807, 2.05) is 29.2 Å². The van der Waals surface area contributed by atoms with Crippen LogP contribution in [0.2, 0.25) is 0 Å². The van der Waals surface area contributed by atoms with Gasteiger partial charge in [-0.1, -0.05) is 31.4 Å². The number of rotatable bonds is 5. The summed E-state index contributed by atoms with van der Waals surface area (Å²) in [4.78, 5) is 25.7. The summed E-state index contributed by atoms with van der Waals surface area (Å²) in [5.41, 5.74) is 3.44. The highest BCUT2D eigenvalue weighted by atomic mass is 16.5. The van der Waals surface area contributed by atoms with Crippen molar-refractivity contribution in [3.8, 4) is 0 Å². The summed E-state index contributed by atoms with van der Waals surface area (Å²) in [5, 5.41) is 12.0. The van der Waals surface area contributed by atoms with E-state index < -0.39 is 5.91 Å². The van der Waals surface area contributed by atoms with E-state index in [-0.39, 0.29) is 12.0 Å². The smallest absolute Gasteiger partial charge is 0.267 e. The first-order valence-electron chi connectivity index (χ1n) is 9.43. The van der Waals surface area contributed by atoms with E-state index in [2.05, 4.69) is 5.32 Å². The van der Waals surface area contributed by atoms with Gasteiger partial charge in [-0.15, -0.1) is 0 Å². The van der Waals surface area contributed by atoms with Crippen LogP contribution in [0.15, 0.2) is 30.3 Å². The molecule has 1 aliphatic heterocycles. The second-order valence-corrected chi connectivity index (χ2v) is 7.18. The van der Waals surface area contributed by atoms with Gasteiger partial charge in [0.15, 0.2) is 0 Å². The molecule has 2 amide bonds. The summed E-state index contributed by atoms with van der Waals surface area (Å²) in [5.74, 6) is 0.0298. The van der Waals surface area contributed by atoms with Gasteiger partial charge in [0.2, 0.25) is 5.91 Å². The highest BCUT2D eigenvalue weighted by Crippen LogP contribution is 2.27. The molecular weight excluding hydrogens is 330 g/mol. The monoisotopic (exact) mass is 357 g/mol. The number of nitrogens with zero attached hydrogens (tertiary/aromatic N) is 1. The zero-order valence-corrected chi connectivity index (χ0v) is 15.0. The average molecular weight is 357 g/mol. The standard InChI is InChI=1S/C20H27N3O3/c24-19(22-26)11-8-15-6-9-17(10-7-15)21-18-12-13-23(14-18)20(25)16-4-2-1-3-5-16/h6-11,16,18,21,26H,1-5,12-14H2,(H,22,24)/b11-8+/t18-/m1/s1. The number of anilines is 1. The van der Waals surface area contributed by atoms with Gasteiger partial charge in [0, 0.05) is 36.8 Å². The van der Waals surface area contributed by atoms with Crippen LogP contribution in [-0.4, -0.2) is 41.1 Å². The van der Waals surface area contributed by atoms with Crippen LogP contribution < -0.4 is 10.8 Å². The Morgan fingerprint density at radius 2 is 1.81 bits per heavy atom. The van der Waals surface area contributed by atoms with E-state index in [0.29, 0.717) is 5.91 Å². The Morgan fingerprint density at radius 3 is 2.50 bits per heavy atom.